The number of primary amides is 1. The fraction of sp³-hybridized carbons (Fsp3) is 0.318. The smallest absolute Gasteiger partial charge is 0.338 e. The van der Waals surface area contributed by atoms with E-state index >= 15 is 0 Å². The van der Waals surface area contributed by atoms with Crippen molar-refractivity contribution in [1.82, 2.24) is 0 Å². The van der Waals surface area contributed by atoms with Gasteiger partial charge in [0.05, 0.1) is 10.1 Å². The summed E-state index contributed by atoms with van der Waals surface area (Å²) in [6, 6.07) is 16.3. The lowest BCUT2D eigenvalue weighted by molar-refractivity contribution is -0.121. The van der Waals surface area contributed by atoms with Gasteiger partial charge in [-0.3, -0.25) is 9.59 Å². The van der Waals surface area contributed by atoms with Gasteiger partial charge >= 0.3 is 5.97 Å². The maximum absolute atomic E-state index is 12.6. The molecular weight excluding hydrogens is 420 g/mol. The predicted octanol–water partition coefficient (Wildman–Crippen LogP) is 3.62. The second kappa shape index (κ2) is 11.1. The van der Waals surface area contributed by atoms with E-state index in [0.717, 1.165) is 11.5 Å². The molecule has 0 saturated carbocycles. The topological polar surface area (TPSA) is 89.7 Å². The van der Waals surface area contributed by atoms with E-state index in [2.05, 4.69) is 0 Å². The van der Waals surface area contributed by atoms with E-state index in [0.29, 0.717) is 15.8 Å². The van der Waals surface area contributed by atoms with E-state index in [-0.39, 0.29) is 13.0 Å². The zero-order chi connectivity index (χ0) is 21.3. The molecular formula is C22H24N2O4S2. The van der Waals surface area contributed by atoms with Crippen molar-refractivity contribution in [2.45, 2.75) is 17.4 Å². The molecule has 30 heavy (non-hydrogen) atoms. The third-order valence-corrected chi connectivity index (χ3v) is 7.54. The molecule has 0 bridgehead atoms. The first kappa shape index (κ1) is 22.2. The number of ether oxygens (including phenoxy) is 1. The van der Waals surface area contributed by atoms with Crippen molar-refractivity contribution < 1.29 is 19.1 Å². The summed E-state index contributed by atoms with van der Waals surface area (Å²) in [6.07, 6.45) is 1.25. The molecule has 8 heteroatoms. The quantitative estimate of drug-likeness (QED) is 0.626. The first-order valence-corrected chi connectivity index (χ1v) is 11.8. The van der Waals surface area contributed by atoms with Crippen molar-refractivity contribution >= 4 is 47.0 Å². The first-order chi connectivity index (χ1) is 14.5. The Hall–Kier alpha value is -2.45. The average Bonchev–Trinajstić information content (AvgIpc) is 2.79. The van der Waals surface area contributed by atoms with Crippen molar-refractivity contribution in [1.29, 1.82) is 0 Å². The molecule has 0 aliphatic carbocycles. The number of anilines is 1. The second-order valence-electron chi connectivity index (χ2n) is 6.72. The summed E-state index contributed by atoms with van der Waals surface area (Å²) < 4.78 is 5.63. The summed E-state index contributed by atoms with van der Waals surface area (Å²) in [5, 5.41) is 0. The predicted molar refractivity (Wildman–Crippen MR) is 122 cm³/mol. The largest absolute Gasteiger partial charge is 0.452 e. The van der Waals surface area contributed by atoms with Gasteiger partial charge in [0.1, 0.15) is 0 Å². The number of para-hydroxylation sites is 1. The number of rotatable bonds is 8. The van der Waals surface area contributed by atoms with Crippen LogP contribution in [0.2, 0.25) is 0 Å². The molecule has 1 heterocycles. The number of thioether (sulfide) groups is 2. The fourth-order valence-electron chi connectivity index (χ4n) is 2.97. The van der Waals surface area contributed by atoms with Crippen LogP contribution in [0.4, 0.5) is 5.69 Å². The molecule has 0 radical (unpaired) electrons. The molecule has 1 saturated heterocycles. The van der Waals surface area contributed by atoms with Gasteiger partial charge in [0, 0.05) is 18.7 Å². The minimum atomic E-state index is -0.554. The third kappa shape index (κ3) is 6.27. The standard InChI is InChI=1S/C22H24N2O4S2/c23-19(25)11-12-24(18-5-2-1-3-6-18)20(26)15-28-21(27)16-7-9-17(10-8-16)22-29-13-4-14-30-22/h1-3,5-10,22H,4,11-15H2,(H2,23,25). The zero-order valence-electron chi connectivity index (χ0n) is 16.5. The van der Waals surface area contributed by atoms with Crippen LogP contribution in [0.25, 0.3) is 0 Å². The zero-order valence-corrected chi connectivity index (χ0v) is 18.1. The number of nitrogens with zero attached hydrogens (tertiary/aromatic N) is 1. The Morgan fingerprint density at radius 1 is 1.00 bits per heavy atom. The van der Waals surface area contributed by atoms with Crippen LogP contribution in [0.5, 0.6) is 0 Å². The van der Waals surface area contributed by atoms with Crippen LogP contribution < -0.4 is 10.6 Å². The summed E-state index contributed by atoms with van der Waals surface area (Å²) in [4.78, 5) is 37.6. The van der Waals surface area contributed by atoms with Crippen LogP contribution in [0, 0.1) is 0 Å². The van der Waals surface area contributed by atoms with E-state index in [9.17, 15) is 14.4 Å². The molecule has 0 unspecified atom stereocenters. The molecule has 1 aliphatic rings. The number of amides is 2. The Kier molecular flexibility index (Phi) is 8.21. The molecule has 2 amide bonds. The Balaban J connectivity index is 1.59. The molecule has 1 fully saturated rings. The number of nitrogens with two attached hydrogens (primary N) is 1. The average molecular weight is 445 g/mol. The van der Waals surface area contributed by atoms with Crippen LogP contribution >= 0.6 is 23.5 Å². The second-order valence-corrected chi connectivity index (χ2v) is 9.45. The summed E-state index contributed by atoms with van der Waals surface area (Å²) in [6.45, 7) is -0.288. The molecule has 0 aromatic heterocycles. The van der Waals surface area contributed by atoms with Gasteiger partial charge in [-0.1, -0.05) is 30.3 Å². The molecule has 0 atom stereocenters. The number of hydrogen-bond donors (Lipinski definition) is 1. The Morgan fingerprint density at radius 2 is 1.67 bits per heavy atom. The van der Waals surface area contributed by atoms with Crippen molar-refractivity contribution in [3.63, 3.8) is 0 Å². The van der Waals surface area contributed by atoms with Crippen molar-refractivity contribution in [2.24, 2.45) is 5.73 Å². The minimum Gasteiger partial charge on any atom is -0.452 e. The van der Waals surface area contributed by atoms with Crippen molar-refractivity contribution in [3.05, 3.63) is 65.7 Å². The lowest BCUT2D eigenvalue weighted by atomic mass is 10.1. The number of carbonyl (C=O) groups is 3. The maximum Gasteiger partial charge on any atom is 0.338 e. The van der Waals surface area contributed by atoms with Gasteiger partial charge in [-0.25, -0.2) is 4.79 Å². The highest BCUT2D eigenvalue weighted by Crippen LogP contribution is 2.43. The van der Waals surface area contributed by atoms with Crippen molar-refractivity contribution in [2.75, 3.05) is 29.6 Å². The van der Waals surface area contributed by atoms with E-state index < -0.39 is 24.4 Å². The molecule has 158 valence electrons. The highest BCUT2D eigenvalue weighted by atomic mass is 32.2. The molecule has 2 aromatic rings. The molecule has 1 aliphatic heterocycles. The number of esters is 1. The normalized spacial score (nSPS) is 14.1. The highest BCUT2D eigenvalue weighted by molar-refractivity contribution is 8.16. The van der Waals surface area contributed by atoms with Crippen LogP contribution in [0.1, 0.15) is 33.3 Å². The molecule has 3 rings (SSSR count). The minimum absolute atomic E-state index is 0.0211. The number of hydrogen-bond acceptors (Lipinski definition) is 6. The fourth-order valence-corrected chi connectivity index (χ4v) is 5.87. The summed E-state index contributed by atoms with van der Waals surface area (Å²) >= 11 is 3.83. The van der Waals surface area contributed by atoms with E-state index in [4.69, 9.17) is 10.5 Å². The van der Waals surface area contributed by atoms with Gasteiger partial charge < -0.3 is 15.4 Å². The summed E-state index contributed by atoms with van der Waals surface area (Å²) in [5.74, 6) is 0.827. The summed E-state index contributed by atoms with van der Waals surface area (Å²) in [5.41, 5.74) is 7.42. The lowest BCUT2D eigenvalue weighted by Gasteiger charge is -2.22. The van der Waals surface area contributed by atoms with Gasteiger partial charge in [0.15, 0.2) is 6.61 Å². The van der Waals surface area contributed by atoms with Gasteiger partial charge in [0.25, 0.3) is 5.91 Å². The monoisotopic (exact) mass is 444 g/mol. The van der Waals surface area contributed by atoms with E-state index in [1.54, 1.807) is 36.4 Å². The number of carbonyl (C=O) groups excluding carboxylic acids is 3. The SMILES string of the molecule is NC(=O)CCN(C(=O)COC(=O)c1ccc(C2SCCCS2)cc1)c1ccccc1. The maximum atomic E-state index is 12.6. The van der Waals surface area contributed by atoms with Gasteiger partial charge in [-0.2, -0.15) is 0 Å². The van der Waals surface area contributed by atoms with Crippen LogP contribution in [0.3, 0.4) is 0 Å². The molecule has 6 nitrogen and oxygen atoms in total. The number of benzene rings is 2. The van der Waals surface area contributed by atoms with Crippen LogP contribution in [0.15, 0.2) is 54.6 Å². The van der Waals surface area contributed by atoms with Crippen molar-refractivity contribution in [3.8, 4) is 0 Å². The van der Waals surface area contributed by atoms with Crippen LogP contribution in [-0.4, -0.2) is 42.4 Å². The third-order valence-electron chi connectivity index (χ3n) is 4.52. The molecule has 2 N–H and O–H groups in total. The van der Waals surface area contributed by atoms with Gasteiger partial charge in [-0.15, -0.1) is 23.5 Å². The molecule has 0 spiro atoms. The lowest BCUT2D eigenvalue weighted by Crippen LogP contribution is -2.37. The van der Waals surface area contributed by atoms with E-state index in [1.165, 1.54) is 16.9 Å². The Morgan fingerprint density at radius 3 is 2.30 bits per heavy atom. The Bertz CT molecular complexity index is 868. The van der Waals surface area contributed by atoms with Gasteiger partial charge in [0.2, 0.25) is 5.91 Å². The Labute approximate surface area is 184 Å². The van der Waals surface area contributed by atoms with Crippen LogP contribution in [-0.2, 0) is 14.3 Å². The first-order valence-electron chi connectivity index (χ1n) is 9.68. The van der Waals surface area contributed by atoms with Gasteiger partial charge in [-0.05, 0) is 47.8 Å². The molecule has 2 aromatic carbocycles. The highest BCUT2D eigenvalue weighted by Gasteiger charge is 2.20. The van der Waals surface area contributed by atoms with E-state index in [1.807, 2.05) is 41.7 Å². The summed E-state index contributed by atoms with van der Waals surface area (Å²) in [7, 11) is 0.